The normalized spacial score (nSPS) is 23.1. The second kappa shape index (κ2) is 6.37. The van der Waals surface area contributed by atoms with Crippen molar-refractivity contribution in [3.8, 4) is 0 Å². The summed E-state index contributed by atoms with van der Waals surface area (Å²) >= 11 is 6.81. The van der Waals surface area contributed by atoms with E-state index in [9.17, 15) is 4.79 Å². The predicted molar refractivity (Wildman–Crippen MR) is 84.4 cm³/mol. The average Bonchev–Trinajstić information content (AvgIpc) is 2.40. The average molecular weight is 390 g/mol. The van der Waals surface area contributed by atoms with Crippen molar-refractivity contribution in [2.45, 2.75) is 19.8 Å². The fraction of sp³-hybridized carbons (Fsp3) is 0.500. The van der Waals surface area contributed by atoms with Gasteiger partial charge in [0.15, 0.2) is 0 Å². The van der Waals surface area contributed by atoms with Gasteiger partial charge in [0.05, 0.1) is 5.56 Å². The number of benzene rings is 1. The molecule has 1 heterocycles. The molecule has 1 aromatic carbocycles. The molecule has 5 heteroatoms. The van der Waals surface area contributed by atoms with Crippen LogP contribution in [0.25, 0.3) is 0 Å². The molecule has 3 nitrogen and oxygen atoms in total. The van der Waals surface area contributed by atoms with Crippen LogP contribution in [0.5, 0.6) is 0 Å². The Morgan fingerprint density at radius 1 is 1.47 bits per heavy atom. The standard InChI is InChI=1S/C14H18Br2N2O/c1-14(5-2-6-17-8-14)9-18-13(19)11-7-10(15)3-4-12(11)16/h3-4,7,17H,2,5-6,8-9H2,1H3,(H,18,19). The highest BCUT2D eigenvalue weighted by Crippen LogP contribution is 2.25. The van der Waals surface area contributed by atoms with Crippen molar-refractivity contribution in [1.82, 2.24) is 10.6 Å². The lowest BCUT2D eigenvalue weighted by Crippen LogP contribution is -2.45. The molecule has 1 aromatic rings. The number of piperidine rings is 1. The number of hydrogen-bond donors (Lipinski definition) is 2. The van der Waals surface area contributed by atoms with Crippen molar-refractivity contribution < 1.29 is 4.79 Å². The van der Waals surface area contributed by atoms with Crippen LogP contribution < -0.4 is 10.6 Å². The lowest BCUT2D eigenvalue weighted by molar-refractivity contribution is 0.0924. The van der Waals surface area contributed by atoms with Gasteiger partial charge in [-0.05, 0) is 58.9 Å². The summed E-state index contributed by atoms with van der Waals surface area (Å²) in [7, 11) is 0. The summed E-state index contributed by atoms with van der Waals surface area (Å²) < 4.78 is 1.73. The Bertz CT molecular complexity index is 471. The van der Waals surface area contributed by atoms with Gasteiger partial charge in [-0.25, -0.2) is 0 Å². The van der Waals surface area contributed by atoms with E-state index in [1.165, 1.54) is 6.42 Å². The smallest absolute Gasteiger partial charge is 0.252 e. The number of amides is 1. The van der Waals surface area contributed by atoms with Crippen LogP contribution in [0, 0.1) is 5.41 Å². The largest absolute Gasteiger partial charge is 0.351 e. The van der Waals surface area contributed by atoms with E-state index in [2.05, 4.69) is 49.4 Å². The highest BCUT2D eigenvalue weighted by Gasteiger charge is 2.27. The first-order valence-corrected chi connectivity index (χ1v) is 8.03. The van der Waals surface area contributed by atoms with Crippen LogP contribution in [0.15, 0.2) is 27.1 Å². The maximum Gasteiger partial charge on any atom is 0.252 e. The van der Waals surface area contributed by atoms with Gasteiger partial charge in [0, 0.05) is 22.0 Å². The van der Waals surface area contributed by atoms with Gasteiger partial charge in [0.2, 0.25) is 0 Å². The van der Waals surface area contributed by atoms with E-state index in [1.54, 1.807) is 0 Å². The van der Waals surface area contributed by atoms with Gasteiger partial charge in [-0.15, -0.1) is 0 Å². The molecule has 1 unspecified atom stereocenters. The Morgan fingerprint density at radius 2 is 2.26 bits per heavy atom. The number of carbonyl (C=O) groups is 1. The van der Waals surface area contributed by atoms with Crippen LogP contribution >= 0.6 is 31.9 Å². The van der Waals surface area contributed by atoms with Crippen molar-refractivity contribution >= 4 is 37.8 Å². The summed E-state index contributed by atoms with van der Waals surface area (Å²) in [6.45, 7) is 4.97. The van der Waals surface area contributed by atoms with E-state index >= 15 is 0 Å². The monoisotopic (exact) mass is 388 g/mol. The van der Waals surface area contributed by atoms with Gasteiger partial charge < -0.3 is 10.6 Å². The van der Waals surface area contributed by atoms with Crippen molar-refractivity contribution in [2.24, 2.45) is 5.41 Å². The summed E-state index contributed by atoms with van der Waals surface area (Å²) in [6.07, 6.45) is 2.33. The molecular weight excluding hydrogens is 372 g/mol. The number of rotatable bonds is 3. The van der Waals surface area contributed by atoms with Crippen molar-refractivity contribution in [3.05, 3.63) is 32.7 Å². The Balaban J connectivity index is 1.99. The summed E-state index contributed by atoms with van der Waals surface area (Å²) in [5.74, 6) is -0.0278. The zero-order valence-electron chi connectivity index (χ0n) is 10.9. The SMILES string of the molecule is CC1(CNC(=O)c2cc(Br)ccc2Br)CCCNC1. The Hall–Kier alpha value is -0.390. The van der Waals surface area contributed by atoms with E-state index in [0.29, 0.717) is 12.1 Å². The summed E-state index contributed by atoms with van der Waals surface area (Å²) in [6, 6.07) is 5.62. The molecule has 0 radical (unpaired) electrons. The number of hydrogen-bond acceptors (Lipinski definition) is 2. The lowest BCUT2D eigenvalue weighted by Gasteiger charge is -2.34. The van der Waals surface area contributed by atoms with Crippen LogP contribution in [-0.4, -0.2) is 25.5 Å². The number of halogens is 2. The van der Waals surface area contributed by atoms with E-state index in [4.69, 9.17) is 0 Å². The van der Waals surface area contributed by atoms with E-state index in [1.807, 2.05) is 18.2 Å². The third-order valence-corrected chi connectivity index (χ3v) is 4.72. The Labute approximate surface area is 130 Å². The molecule has 0 spiro atoms. The maximum absolute atomic E-state index is 12.2. The van der Waals surface area contributed by atoms with Gasteiger partial charge in [0.25, 0.3) is 5.91 Å². The van der Waals surface area contributed by atoms with Crippen LogP contribution in [0.3, 0.4) is 0 Å². The summed E-state index contributed by atoms with van der Waals surface area (Å²) in [5, 5.41) is 6.44. The first-order valence-electron chi connectivity index (χ1n) is 6.44. The quantitative estimate of drug-likeness (QED) is 0.832. The van der Waals surface area contributed by atoms with Gasteiger partial charge in [-0.3, -0.25) is 4.79 Å². The molecule has 1 fully saturated rings. The molecule has 1 aliphatic heterocycles. The first-order chi connectivity index (χ1) is 9.00. The number of carbonyl (C=O) groups excluding carboxylic acids is 1. The molecule has 2 rings (SSSR count). The zero-order valence-corrected chi connectivity index (χ0v) is 14.1. The minimum Gasteiger partial charge on any atom is -0.351 e. The second-order valence-electron chi connectivity index (χ2n) is 5.40. The van der Waals surface area contributed by atoms with Gasteiger partial charge in [-0.2, -0.15) is 0 Å². The van der Waals surface area contributed by atoms with Gasteiger partial charge in [0.1, 0.15) is 0 Å². The van der Waals surface area contributed by atoms with Crippen LogP contribution in [0.1, 0.15) is 30.1 Å². The molecule has 1 atom stereocenters. The van der Waals surface area contributed by atoms with Crippen LogP contribution in [-0.2, 0) is 0 Å². The molecule has 104 valence electrons. The first kappa shape index (κ1) is 15.0. The highest BCUT2D eigenvalue weighted by atomic mass is 79.9. The zero-order chi connectivity index (χ0) is 13.9. The van der Waals surface area contributed by atoms with Crippen molar-refractivity contribution in [2.75, 3.05) is 19.6 Å². The van der Waals surface area contributed by atoms with Crippen molar-refractivity contribution in [3.63, 3.8) is 0 Å². The highest BCUT2D eigenvalue weighted by molar-refractivity contribution is 9.11. The Kier molecular flexibility index (Phi) is 5.03. The second-order valence-corrected chi connectivity index (χ2v) is 7.17. The molecule has 19 heavy (non-hydrogen) atoms. The predicted octanol–water partition coefficient (Wildman–Crippen LogP) is 3.33. The minimum absolute atomic E-state index is 0.0278. The summed E-state index contributed by atoms with van der Waals surface area (Å²) in [5.41, 5.74) is 0.827. The fourth-order valence-corrected chi connectivity index (χ4v) is 3.12. The maximum atomic E-state index is 12.2. The topological polar surface area (TPSA) is 41.1 Å². The molecule has 0 saturated carbocycles. The molecular formula is C14H18Br2N2O. The Morgan fingerprint density at radius 3 is 2.95 bits per heavy atom. The van der Waals surface area contributed by atoms with Crippen LogP contribution in [0.2, 0.25) is 0 Å². The van der Waals surface area contributed by atoms with Gasteiger partial charge in [-0.1, -0.05) is 22.9 Å². The molecule has 1 aliphatic rings. The molecule has 0 aromatic heterocycles. The van der Waals surface area contributed by atoms with E-state index < -0.39 is 0 Å². The van der Waals surface area contributed by atoms with E-state index in [0.717, 1.165) is 28.5 Å². The molecule has 2 N–H and O–H groups in total. The van der Waals surface area contributed by atoms with Crippen LogP contribution in [0.4, 0.5) is 0 Å². The molecule has 1 saturated heterocycles. The van der Waals surface area contributed by atoms with Gasteiger partial charge >= 0.3 is 0 Å². The third-order valence-electron chi connectivity index (χ3n) is 3.53. The fourth-order valence-electron chi connectivity index (χ4n) is 2.33. The van der Waals surface area contributed by atoms with E-state index in [-0.39, 0.29) is 11.3 Å². The lowest BCUT2D eigenvalue weighted by atomic mass is 9.83. The third kappa shape index (κ3) is 4.04. The van der Waals surface area contributed by atoms with Crippen molar-refractivity contribution in [1.29, 1.82) is 0 Å². The molecule has 1 amide bonds. The molecule has 0 aliphatic carbocycles. The number of nitrogens with one attached hydrogen (secondary N) is 2. The summed E-state index contributed by atoms with van der Waals surface area (Å²) in [4.78, 5) is 12.2. The molecule has 0 bridgehead atoms. The minimum atomic E-state index is -0.0278.